The van der Waals surface area contributed by atoms with Gasteiger partial charge in [-0.05, 0) is 5.41 Å². The minimum absolute atomic E-state index is 1.20. The summed E-state index contributed by atoms with van der Waals surface area (Å²) < 4.78 is 0. The van der Waals surface area contributed by atoms with Gasteiger partial charge in [0.15, 0.2) is 0 Å². The Labute approximate surface area is 97.7 Å². The molecule has 0 spiro atoms. The van der Waals surface area contributed by atoms with Crippen molar-refractivity contribution >= 4 is 21.6 Å². The highest BCUT2D eigenvalue weighted by Crippen LogP contribution is 2.27. The topological polar surface area (TPSA) is 0 Å². The molecule has 1 rings (SSSR count). The summed E-state index contributed by atoms with van der Waals surface area (Å²) in [5, 5.41) is 2.12. The summed E-state index contributed by atoms with van der Waals surface area (Å²) in [6.45, 7) is 4.53. The molecule has 1 aliphatic heterocycles. The molecule has 0 aromatic carbocycles. The predicted octanol–water partition coefficient (Wildman–Crippen LogP) is 5.65. The molecule has 1 aliphatic rings. The van der Waals surface area contributed by atoms with E-state index in [2.05, 4.69) is 25.3 Å². The molecule has 0 amide bonds. The van der Waals surface area contributed by atoms with Gasteiger partial charge < -0.3 is 0 Å². The fourth-order valence-corrected chi connectivity index (χ4v) is 2.80. The van der Waals surface area contributed by atoms with Gasteiger partial charge in [-0.25, -0.2) is 0 Å². The highest BCUT2D eigenvalue weighted by Gasteiger charge is 1.86. The second kappa shape index (κ2) is 13.4. The van der Waals surface area contributed by atoms with Crippen LogP contribution >= 0.6 is 21.6 Å². The van der Waals surface area contributed by atoms with Crippen molar-refractivity contribution in [3.8, 4) is 0 Å². The van der Waals surface area contributed by atoms with E-state index in [0.717, 1.165) is 0 Å². The van der Waals surface area contributed by atoms with Crippen LogP contribution in [0.25, 0.3) is 0 Å². The molecule has 2 heteroatoms. The van der Waals surface area contributed by atoms with Gasteiger partial charge in [0.2, 0.25) is 0 Å². The number of hydrogen-bond acceptors (Lipinski definition) is 2. The summed E-state index contributed by atoms with van der Waals surface area (Å²) in [6.07, 6.45) is 12.1. The largest absolute Gasteiger partial charge is 0.0854 e. The lowest BCUT2D eigenvalue weighted by Crippen LogP contribution is -1.76. The summed E-state index contributed by atoms with van der Waals surface area (Å²) >= 11 is 0. The Morgan fingerprint density at radius 3 is 1.79 bits per heavy atom. The fraction of sp³-hybridized carbons (Fsp3) is 0.833. The third kappa shape index (κ3) is 12.4. The monoisotopic (exact) mass is 232 g/mol. The highest BCUT2D eigenvalue weighted by atomic mass is 33.1. The maximum Gasteiger partial charge on any atom is 0.0229 e. The summed E-state index contributed by atoms with van der Waals surface area (Å²) in [4.78, 5) is 0. The van der Waals surface area contributed by atoms with Crippen molar-refractivity contribution in [2.45, 2.75) is 58.8 Å². The molecule has 1 heterocycles. The average Bonchev–Trinajstić information content (AvgIpc) is 2.76. The van der Waals surface area contributed by atoms with Gasteiger partial charge in [0.05, 0.1) is 0 Å². The quantitative estimate of drug-likeness (QED) is 0.428. The molecule has 0 N–H and O–H groups in total. The van der Waals surface area contributed by atoms with Gasteiger partial charge in [-0.1, -0.05) is 86.5 Å². The van der Waals surface area contributed by atoms with Gasteiger partial charge in [-0.15, -0.1) is 0 Å². The Hall–Kier alpha value is 0.440. The highest BCUT2D eigenvalue weighted by molar-refractivity contribution is 8.78. The van der Waals surface area contributed by atoms with E-state index in [1.807, 2.05) is 21.6 Å². The second-order valence-corrected chi connectivity index (χ2v) is 5.84. The van der Waals surface area contributed by atoms with Gasteiger partial charge in [-0.3, -0.25) is 0 Å². The van der Waals surface area contributed by atoms with Gasteiger partial charge in [0.25, 0.3) is 0 Å². The number of rotatable bonds is 6. The lowest BCUT2D eigenvalue weighted by molar-refractivity contribution is 0.602. The van der Waals surface area contributed by atoms with Gasteiger partial charge in [0, 0.05) is 5.75 Å². The van der Waals surface area contributed by atoms with E-state index < -0.39 is 0 Å². The van der Waals surface area contributed by atoms with Crippen LogP contribution in [0.2, 0.25) is 0 Å². The first kappa shape index (κ1) is 14.4. The van der Waals surface area contributed by atoms with Crippen LogP contribution < -0.4 is 0 Å². The molecule has 0 radical (unpaired) electrons. The Morgan fingerprint density at radius 1 is 0.929 bits per heavy atom. The van der Waals surface area contributed by atoms with Crippen molar-refractivity contribution in [1.82, 2.24) is 0 Å². The van der Waals surface area contributed by atoms with Crippen molar-refractivity contribution in [2.75, 3.05) is 5.75 Å². The summed E-state index contributed by atoms with van der Waals surface area (Å²) in [7, 11) is 3.69. The van der Waals surface area contributed by atoms with Crippen LogP contribution in [-0.2, 0) is 0 Å². The predicted molar refractivity (Wildman–Crippen MR) is 72.9 cm³/mol. The molecule has 0 atom stereocenters. The standard InChI is InChI=1S/C9H20.C3H4S2/c1-3-5-7-9-8-6-4-2;1-2-4-5-3-1/h3-9H2,1-2H3;1-2H,3H2. The van der Waals surface area contributed by atoms with E-state index in [1.54, 1.807) is 0 Å². The minimum atomic E-state index is 1.20. The first-order valence-electron chi connectivity index (χ1n) is 5.85. The van der Waals surface area contributed by atoms with Crippen molar-refractivity contribution in [3.63, 3.8) is 0 Å². The van der Waals surface area contributed by atoms with Crippen molar-refractivity contribution in [3.05, 3.63) is 11.5 Å². The smallest absolute Gasteiger partial charge is 0.0229 e. The number of hydrogen-bond donors (Lipinski definition) is 0. The fourth-order valence-electron chi connectivity index (χ4n) is 1.23. The molecule has 0 saturated heterocycles. The molecule has 0 aromatic heterocycles. The molecular weight excluding hydrogens is 208 g/mol. The summed E-state index contributed by atoms with van der Waals surface area (Å²) in [5.74, 6) is 1.20. The Balaban J connectivity index is 0.000000280. The van der Waals surface area contributed by atoms with Crippen molar-refractivity contribution in [1.29, 1.82) is 0 Å². The van der Waals surface area contributed by atoms with Crippen LogP contribution in [0, 0.1) is 0 Å². The normalized spacial score (nSPS) is 13.9. The second-order valence-electron chi connectivity index (χ2n) is 3.52. The third-order valence-electron chi connectivity index (χ3n) is 2.09. The molecule has 0 aromatic rings. The zero-order valence-electron chi connectivity index (χ0n) is 9.63. The van der Waals surface area contributed by atoms with E-state index >= 15 is 0 Å². The lowest BCUT2D eigenvalue weighted by atomic mass is 10.1. The Kier molecular flexibility index (Phi) is 13.9. The number of unbranched alkanes of at least 4 members (excludes halogenated alkanes) is 6. The first-order valence-corrected chi connectivity index (χ1v) is 8.23. The lowest BCUT2D eigenvalue weighted by Gasteiger charge is -1.96. The van der Waals surface area contributed by atoms with Crippen LogP contribution in [0.3, 0.4) is 0 Å². The van der Waals surface area contributed by atoms with E-state index in [-0.39, 0.29) is 0 Å². The van der Waals surface area contributed by atoms with Gasteiger partial charge in [0.1, 0.15) is 0 Å². The zero-order valence-corrected chi connectivity index (χ0v) is 11.3. The van der Waals surface area contributed by atoms with Crippen molar-refractivity contribution < 1.29 is 0 Å². The molecule has 0 bridgehead atoms. The first-order chi connectivity index (χ1) is 6.91. The van der Waals surface area contributed by atoms with Crippen LogP contribution in [0.5, 0.6) is 0 Å². The molecule has 0 nitrogen and oxygen atoms in total. The SMILES string of the molecule is C1=CSSC1.CCCCCCCCC. The molecule has 14 heavy (non-hydrogen) atoms. The Bertz CT molecular complexity index is 109. The minimum Gasteiger partial charge on any atom is -0.0854 e. The van der Waals surface area contributed by atoms with E-state index in [9.17, 15) is 0 Å². The van der Waals surface area contributed by atoms with E-state index in [0.29, 0.717) is 0 Å². The Morgan fingerprint density at radius 2 is 1.50 bits per heavy atom. The van der Waals surface area contributed by atoms with Crippen LogP contribution in [0.15, 0.2) is 11.5 Å². The van der Waals surface area contributed by atoms with Crippen molar-refractivity contribution in [2.24, 2.45) is 0 Å². The van der Waals surface area contributed by atoms with Crippen LogP contribution in [0.4, 0.5) is 0 Å². The zero-order chi connectivity index (χ0) is 10.5. The third-order valence-corrected chi connectivity index (χ3v) is 4.01. The molecule has 0 saturated carbocycles. The summed E-state index contributed by atoms with van der Waals surface area (Å²) in [6, 6.07) is 0. The van der Waals surface area contributed by atoms with Crippen LogP contribution in [0.1, 0.15) is 58.8 Å². The van der Waals surface area contributed by atoms with Gasteiger partial charge >= 0.3 is 0 Å². The van der Waals surface area contributed by atoms with Crippen LogP contribution in [-0.4, -0.2) is 5.75 Å². The molecular formula is C12H24S2. The summed E-state index contributed by atoms with van der Waals surface area (Å²) in [5.41, 5.74) is 0. The van der Waals surface area contributed by atoms with E-state index in [1.165, 1.54) is 50.7 Å². The van der Waals surface area contributed by atoms with Gasteiger partial charge in [-0.2, -0.15) is 0 Å². The molecule has 0 unspecified atom stereocenters. The maximum absolute atomic E-state index is 2.26. The average molecular weight is 232 g/mol. The molecule has 0 fully saturated rings. The molecule has 84 valence electrons. The van der Waals surface area contributed by atoms with E-state index in [4.69, 9.17) is 0 Å². The maximum atomic E-state index is 2.26. The molecule has 0 aliphatic carbocycles.